The van der Waals surface area contributed by atoms with Crippen LogP contribution in [-0.4, -0.2) is 62.2 Å². The quantitative estimate of drug-likeness (QED) is 0.831. The van der Waals surface area contributed by atoms with Crippen molar-refractivity contribution >= 4 is 0 Å². The minimum atomic E-state index is 0.461. The summed E-state index contributed by atoms with van der Waals surface area (Å²) in [4.78, 5) is 4.77. The van der Waals surface area contributed by atoms with E-state index in [1.54, 1.807) is 0 Å². The molecule has 1 aromatic rings. The van der Waals surface area contributed by atoms with Gasteiger partial charge in [0.2, 0.25) is 0 Å². The monoisotopic (exact) mass is 249 g/mol. The third-order valence-electron chi connectivity index (χ3n) is 3.47. The maximum atomic E-state index is 5.83. The van der Waals surface area contributed by atoms with Crippen LogP contribution >= 0.6 is 0 Å². The number of rotatable bonds is 5. The van der Waals surface area contributed by atoms with Crippen molar-refractivity contribution in [2.24, 2.45) is 5.73 Å². The van der Waals surface area contributed by atoms with E-state index in [4.69, 9.17) is 10.5 Å². The number of likely N-dealkylation sites (N-methyl/N-ethyl adjacent to an activating group) is 1. The number of nitrogens with zero attached hydrogens (tertiary/aromatic N) is 2. The Labute approximate surface area is 109 Å². The molecule has 4 nitrogen and oxygen atoms in total. The van der Waals surface area contributed by atoms with Crippen LogP contribution in [0.25, 0.3) is 0 Å². The molecule has 1 heterocycles. The summed E-state index contributed by atoms with van der Waals surface area (Å²) in [6.07, 6.45) is 0. The summed E-state index contributed by atoms with van der Waals surface area (Å²) in [5.74, 6) is 0.941. The van der Waals surface area contributed by atoms with Crippen molar-refractivity contribution in [3.8, 4) is 5.75 Å². The number of ether oxygens (including phenoxy) is 1. The van der Waals surface area contributed by atoms with Crippen LogP contribution in [0.5, 0.6) is 5.75 Å². The van der Waals surface area contributed by atoms with Gasteiger partial charge in [0.25, 0.3) is 0 Å². The molecule has 1 fully saturated rings. The van der Waals surface area contributed by atoms with Gasteiger partial charge in [-0.1, -0.05) is 18.2 Å². The molecule has 0 aromatic heterocycles. The largest absolute Gasteiger partial charge is 0.492 e. The normalized spacial score (nSPS) is 22.0. The molecule has 1 saturated heterocycles. The Hall–Kier alpha value is -1.10. The van der Waals surface area contributed by atoms with Gasteiger partial charge in [-0.15, -0.1) is 0 Å². The lowest BCUT2D eigenvalue weighted by molar-refractivity contribution is 0.0807. The minimum absolute atomic E-state index is 0.461. The third-order valence-corrected chi connectivity index (χ3v) is 3.47. The first kappa shape index (κ1) is 13.3. The first-order valence-corrected chi connectivity index (χ1v) is 6.60. The molecule has 0 saturated carbocycles. The summed E-state index contributed by atoms with van der Waals surface area (Å²) in [5.41, 5.74) is 5.83. The van der Waals surface area contributed by atoms with E-state index >= 15 is 0 Å². The first-order chi connectivity index (χ1) is 8.79. The molecule has 0 radical (unpaired) electrons. The molecule has 0 spiro atoms. The second kappa shape index (κ2) is 6.73. The van der Waals surface area contributed by atoms with E-state index in [1.807, 2.05) is 30.3 Å². The van der Waals surface area contributed by atoms with Crippen LogP contribution in [0.15, 0.2) is 30.3 Å². The lowest BCUT2D eigenvalue weighted by Gasteiger charge is -2.39. The van der Waals surface area contributed by atoms with Crippen molar-refractivity contribution in [2.45, 2.75) is 6.04 Å². The molecule has 0 bridgehead atoms. The number of piperazine rings is 1. The Morgan fingerprint density at radius 2 is 2.06 bits per heavy atom. The Kier molecular flexibility index (Phi) is 4.99. The Balaban J connectivity index is 1.75. The average molecular weight is 249 g/mol. The summed E-state index contributed by atoms with van der Waals surface area (Å²) in [6, 6.07) is 10.4. The van der Waals surface area contributed by atoms with E-state index in [-0.39, 0.29) is 0 Å². The van der Waals surface area contributed by atoms with E-state index in [0.29, 0.717) is 6.04 Å². The summed E-state index contributed by atoms with van der Waals surface area (Å²) >= 11 is 0. The maximum Gasteiger partial charge on any atom is 0.119 e. The van der Waals surface area contributed by atoms with Gasteiger partial charge in [-0.3, -0.25) is 4.90 Å². The van der Waals surface area contributed by atoms with Crippen molar-refractivity contribution in [1.29, 1.82) is 0 Å². The molecule has 100 valence electrons. The zero-order valence-corrected chi connectivity index (χ0v) is 11.1. The van der Waals surface area contributed by atoms with Crippen molar-refractivity contribution in [2.75, 3.05) is 46.4 Å². The number of nitrogens with two attached hydrogens (primary N) is 1. The Morgan fingerprint density at radius 1 is 1.28 bits per heavy atom. The van der Waals surface area contributed by atoms with Gasteiger partial charge in [0.05, 0.1) is 0 Å². The maximum absolute atomic E-state index is 5.83. The zero-order valence-electron chi connectivity index (χ0n) is 11.1. The highest BCUT2D eigenvalue weighted by Gasteiger charge is 2.23. The summed E-state index contributed by atoms with van der Waals surface area (Å²) in [6.45, 7) is 5.64. The van der Waals surface area contributed by atoms with Crippen LogP contribution < -0.4 is 10.5 Å². The van der Waals surface area contributed by atoms with Crippen molar-refractivity contribution in [3.05, 3.63) is 30.3 Å². The fourth-order valence-corrected chi connectivity index (χ4v) is 2.36. The number of para-hydroxylation sites is 1. The van der Waals surface area contributed by atoms with Crippen molar-refractivity contribution in [3.63, 3.8) is 0 Å². The van der Waals surface area contributed by atoms with E-state index in [9.17, 15) is 0 Å². The van der Waals surface area contributed by atoms with E-state index < -0.39 is 0 Å². The smallest absolute Gasteiger partial charge is 0.119 e. The first-order valence-electron chi connectivity index (χ1n) is 6.60. The molecular weight excluding hydrogens is 226 g/mol. The van der Waals surface area contributed by atoms with E-state index in [2.05, 4.69) is 16.8 Å². The van der Waals surface area contributed by atoms with Gasteiger partial charge in [-0.25, -0.2) is 0 Å². The molecule has 1 unspecified atom stereocenters. The molecule has 2 rings (SSSR count). The van der Waals surface area contributed by atoms with Gasteiger partial charge in [-0.2, -0.15) is 0 Å². The van der Waals surface area contributed by atoms with E-state index in [0.717, 1.165) is 45.1 Å². The van der Waals surface area contributed by atoms with Crippen molar-refractivity contribution in [1.82, 2.24) is 9.80 Å². The fourth-order valence-electron chi connectivity index (χ4n) is 2.36. The fraction of sp³-hybridized carbons (Fsp3) is 0.571. The number of hydrogen-bond acceptors (Lipinski definition) is 4. The van der Waals surface area contributed by atoms with Crippen molar-refractivity contribution < 1.29 is 4.74 Å². The molecule has 1 atom stereocenters. The predicted octanol–water partition coefficient (Wildman–Crippen LogP) is 0.640. The van der Waals surface area contributed by atoms with Gasteiger partial charge in [0.15, 0.2) is 0 Å². The second-order valence-electron chi connectivity index (χ2n) is 4.85. The van der Waals surface area contributed by atoms with Crippen LogP contribution in [0, 0.1) is 0 Å². The number of benzene rings is 1. The highest BCUT2D eigenvalue weighted by molar-refractivity contribution is 5.20. The molecule has 18 heavy (non-hydrogen) atoms. The molecular formula is C14H23N3O. The van der Waals surface area contributed by atoms with E-state index in [1.165, 1.54) is 0 Å². The lowest BCUT2D eigenvalue weighted by atomic mass is 10.2. The SMILES string of the molecule is CN1CCN(CCOc2ccccc2)C(CN)C1. The number of hydrogen-bond donors (Lipinski definition) is 1. The highest BCUT2D eigenvalue weighted by Crippen LogP contribution is 2.10. The summed E-state index contributed by atoms with van der Waals surface area (Å²) in [5, 5.41) is 0. The van der Waals surface area contributed by atoms with Crippen LogP contribution in [0.4, 0.5) is 0 Å². The van der Waals surface area contributed by atoms with Gasteiger partial charge in [0.1, 0.15) is 12.4 Å². The Morgan fingerprint density at radius 3 is 2.78 bits per heavy atom. The highest BCUT2D eigenvalue weighted by atomic mass is 16.5. The Bertz CT molecular complexity index is 344. The molecule has 2 N–H and O–H groups in total. The van der Waals surface area contributed by atoms with Crippen LogP contribution in [0.2, 0.25) is 0 Å². The molecule has 1 aliphatic heterocycles. The lowest BCUT2D eigenvalue weighted by Crippen LogP contribution is -2.55. The van der Waals surface area contributed by atoms with Gasteiger partial charge < -0.3 is 15.4 Å². The van der Waals surface area contributed by atoms with Crippen LogP contribution in [0.1, 0.15) is 0 Å². The molecule has 1 aromatic carbocycles. The topological polar surface area (TPSA) is 41.7 Å². The van der Waals surface area contributed by atoms with Gasteiger partial charge in [0, 0.05) is 38.8 Å². The summed E-state index contributed by atoms with van der Waals surface area (Å²) < 4.78 is 5.73. The van der Waals surface area contributed by atoms with Gasteiger partial charge >= 0.3 is 0 Å². The second-order valence-corrected chi connectivity index (χ2v) is 4.85. The van der Waals surface area contributed by atoms with Gasteiger partial charge in [-0.05, 0) is 19.2 Å². The zero-order chi connectivity index (χ0) is 12.8. The minimum Gasteiger partial charge on any atom is -0.492 e. The standard InChI is InChI=1S/C14H23N3O/c1-16-7-8-17(13(11-15)12-16)9-10-18-14-5-3-2-4-6-14/h2-6,13H,7-12,15H2,1H3. The van der Waals surface area contributed by atoms with Crippen LogP contribution in [0.3, 0.4) is 0 Å². The summed E-state index contributed by atoms with van der Waals surface area (Å²) in [7, 11) is 2.15. The molecule has 1 aliphatic rings. The predicted molar refractivity (Wildman–Crippen MR) is 73.8 cm³/mol. The molecule has 0 amide bonds. The average Bonchev–Trinajstić information content (AvgIpc) is 2.41. The van der Waals surface area contributed by atoms with Crippen LogP contribution in [-0.2, 0) is 0 Å². The molecule has 4 heteroatoms. The third kappa shape index (κ3) is 3.70. The molecule has 0 aliphatic carbocycles.